The second-order valence-corrected chi connectivity index (χ2v) is 9.23. The lowest BCUT2D eigenvalue weighted by Crippen LogP contribution is -2.52. The van der Waals surface area contributed by atoms with Gasteiger partial charge in [-0.15, -0.1) is 0 Å². The van der Waals surface area contributed by atoms with Crippen LogP contribution in [0, 0.1) is 12.8 Å². The summed E-state index contributed by atoms with van der Waals surface area (Å²) >= 11 is 0. The summed E-state index contributed by atoms with van der Waals surface area (Å²) in [6.45, 7) is 6.72. The van der Waals surface area contributed by atoms with Crippen LogP contribution in [0.2, 0.25) is 0 Å². The van der Waals surface area contributed by atoms with Crippen LogP contribution in [0.3, 0.4) is 0 Å². The van der Waals surface area contributed by atoms with E-state index in [1.165, 1.54) is 0 Å². The number of carbonyl (C=O) groups is 2. The van der Waals surface area contributed by atoms with E-state index in [0.717, 1.165) is 16.7 Å². The summed E-state index contributed by atoms with van der Waals surface area (Å²) in [5.41, 5.74) is 3.02. The van der Waals surface area contributed by atoms with Gasteiger partial charge in [0.25, 0.3) is 5.91 Å². The minimum Gasteiger partial charge on any atom is -0.493 e. The van der Waals surface area contributed by atoms with Crippen LogP contribution in [0.1, 0.15) is 30.5 Å². The summed E-state index contributed by atoms with van der Waals surface area (Å²) < 4.78 is 11.2. The highest BCUT2D eigenvalue weighted by atomic mass is 16.5. The SMILES string of the molecule is COc1ccccc1OCC(=O)N(Cc1ccccc1C)[C@H](Cc1ccccc1)C(=O)NCC(C)C. The predicted octanol–water partition coefficient (Wildman–Crippen LogP) is 4.79. The van der Waals surface area contributed by atoms with Gasteiger partial charge in [0.2, 0.25) is 5.91 Å². The van der Waals surface area contributed by atoms with Gasteiger partial charge in [0, 0.05) is 19.5 Å². The number of para-hydroxylation sites is 2. The van der Waals surface area contributed by atoms with Crippen molar-refractivity contribution in [3.63, 3.8) is 0 Å². The fourth-order valence-corrected chi connectivity index (χ4v) is 3.91. The molecular formula is C30H36N2O4. The molecule has 0 aliphatic rings. The molecule has 1 N–H and O–H groups in total. The summed E-state index contributed by atoms with van der Waals surface area (Å²) in [5, 5.41) is 3.04. The molecule has 3 aromatic carbocycles. The third kappa shape index (κ3) is 7.60. The van der Waals surface area contributed by atoms with E-state index in [1.54, 1.807) is 24.1 Å². The number of amides is 2. The number of hydrogen-bond acceptors (Lipinski definition) is 4. The van der Waals surface area contributed by atoms with Crippen molar-refractivity contribution in [1.82, 2.24) is 10.2 Å². The van der Waals surface area contributed by atoms with Crippen LogP contribution in [-0.4, -0.2) is 43.0 Å². The summed E-state index contributed by atoms with van der Waals surface area (Å²) in [7, 11) is 1.56. The Morgan fingerprint density at radius 3 is 2.19 bits per heavy atom. The zero-order valence-electron chi connectivity index (χ0n) is 21.6. The molecule has 0 radical (unpaired) electrons. The predicted molar refractivity (Wildman–Crippen MR) is 142 cm³/mol. The van der Waals surface area contributed by atoms with Crippen molar-refractivity contribution in [2.75, 3.05) is 20.3 Å². The fourth-order valence-electron chi connectivity index (χ4n) is 3.91. The van der Waals surface area contributed by atoms with Gasteiger partial charge in [0.05, 0.1) is 7.11 Å². The maximum atomic E-state index is 13.7. The largest absolute Gasteiger partial charge is 0.493 e. The molecule has 190 valence electrons. The first-order chi connectivity index (χ1) is 17.4. The number of carbonyl (C=O) groups excluding carboxylic acids is 2. The lowest BCUT2D eigenvalue weighted by atomic mass is 10.0. The summed E-state index contributed by atoms with van der Waals surface area (Å²) in [4.78, 5) is 28.8. The van der Waals surface area contributed by atoms with Gasteiger partial charge < -0.3 is 19.7 Å². The minimum absolute atomic E-state index is 0.174. The number of nitrogens with one attached hydrogen (secondary N) is 1. The van der Waals surface area contributed by atoms with Crippen molar-refractivity contribution < 1.29 is 19.1 Å². The van der Waals surface area contributed by atoms with E-state index < -0.39 is 6.04 Å². The molecule has 0 fully saturated rings. The first-order valence-electron chi connectivity index (χ1n) is 12.3. The molecule has 6 heteroatoms. The third-order valence-electron chi connectivity index (χ3n) is 5.98. The topological polar surface area (TPSA) is 67.9 Å². The van der Waals surface area contributed by atoms with E-state index in [2.05, 4.69) is 5.32 Å². The molecule has 0 aromatic heterocycles. The average molecular weight is 489 g/mol. The summed E-state index contributed by atoms with van der Waals surface area (Å²) in [5.74, 6) is 0.872. The van der Waals surface area contributed by atoms with Gasteiger partial charge in [-0.25, -0.2) is 0 Å². The molecule has 3 aromatic rings. The normalized spacial score (nSPS) is 11.6. The molecule has 2 amide bonds. The Labute approximate surface area is 214 Å². The Bertz CT molecular complexity index is 1130. The molecule has 3 rings (SSSR count). The molecule has 0 saturated heterocycles. The average Bonchev–Trinajstić information content (AvgIpc) is 2.89. The van der Waals surface area contributed by atoms with E-state index in [0.29, 0.717) is 36.9 Å². The van der Waals surface area contributed by atoms with Gasteiger partial charge >= 0.3 is 0 Å². The van der Waals surface area contributed by atoms with Crippen molar-refractivity contribution in [2.24, 2.45) is 5.92 Å². The van der Waals surface area contributed by atoms with Gasteiger partial charge in [-0.2, -0.15) is 0 Å². The molecule has 0 bridgehead atoms. The monoisotopic (exact) mass is 488 g/mol. The highest BCUT2D eigenvalue weighted by molar-refractivity contribution is 5.88. The maximum Gasteiger partial charge on any atom is 0.261 e. The summed E-state index contributed by atoms with van der Waals surface area (Å²) in [6, 6.07) is 24.2. The first-order valence-corrected chi connectivity index (χ1v) is 12.3. The third-order valence-corrected chi connectivity index (χ3v) is 5.98. The van der Waals surface area contributed by atoms with Crippen LogP contribution in [-0.2, 0) is 22.6 Å². The number of hydrogen-bond donors (Lipinski definition) is 1. The smallest absolute Gasteiger partial charge is 0.261 e. The second-order valence-electron chi connectivity index (χ2n) is 9.23. The Kier molecular flexibility index (Phi) is 9.92. The second kappa shape index (κ2) is 13.3. The van der Waals surface area contributed by atoms with Crippen LogP contribution in [0.5, 0.6) is 11.5 Å². The molecule has 0 spiro atoms. The number of ether oxygens (including phenoxy) is 2. The molecule has 0 unspecified atom stereocenters. The zero-order chi connectivity index (χ0) is 25.9. The van der Waals surface area contributed by atoms with Crippen LogP contribution < -0.4 is 14.8 Å². The van der Waals surface area contributed by atoms with E-state index in [9.17, 15) is 9.59 Å². The van der Waals surface area contributed by atoms with E-state index in [1.807, 2.05) is 87.5 Å². The number of rotatable bonds is 12. The lowest BCUT2D eigenvalue weighted by molar-refractivity contribution is -0.142. The van der Waals surface area contributed by atoms with Crippen LogP contribution in [0.15, 0.2) is 78.9 Å². The highest BCUT2D eigenvalue weighted by Crippen LogP contribution is 2.26. The van der Waals surface area contributed by atoms with Crippen molar-refractivity contribution >= 4 is 11.8 Å². The first kappa shape index (κ1) is 26.8. The molecule has 0 saturated carbocycles. The summed E-state index contributed by atoms with van der Waals surface area (Å²) in [6.07, 6.45) is 0.400. The van der Waals surface area contributed by atoms with E-state index >= 15 is 0 Å². The van der Waals surface area contributed by atoms with Gasteiger partial charge in [0.1, 0.15) is 6.04 Å². The van der Waals surface area contributed by atoms with Gasteiger partial charge in [0.15, 0.2) is 18.1 Å². The van der Waals surface area contributed by atoms with E-state index in [-0.39, 0.29) is 18.4 Å². The number of aryl methyl sites for hydroxylation is 1. The minimum atomic E-state index is -0.695. The Morgan fingerprint density at radius 1 is 0.889 bits per heavy atom. The van der Waals surface area contributed by atoms with Crippen molar-refractivity contribution in [1.29, 1.82) is 0 Å². The number of methoxy groups -OCH3 is 1. The van der Waals surface area contributed by atoms with Crippen LogP contribution >= 0.6 is 0 Å². The van der Waals surface area contributed by atoms with Crippen molar-refractivity contribution in [3.8, 4) is 11.5 Å². The standard InChI is InChI=1S/C30H36N2O4/c1-22(2)19-31-30(34)26(18-24-13-6-5-7-14-24)32(20-25-15-9-8-12-23(25)3)29(33)21-36-28-17-11-10-16-27(28)35-4/h5-17,22,26H,18-21H2,1-4H3,(H,31,34)/t26-/m1/s1. The molecule has 0 heterocycles. The Morgan fingerprint density at radius 2 is 1.53 bits per heavy atom. The van der Waals surface area contributed by atoms with Gasteiger partial charge in [-0.3, -0.25) is 9.59 Å². The van der Waals surface area contributed by atoms with Crippen LogP contribution in [0.25, 0.3) is 0 Å². The fraction of sp³-hybridized carbons (Fsp3) is 0.333. The Hall–Kier alpha value is -3.80. The van der Waals surface area contributed by atoms with Crippen molar-refractivity contribution in [3.05, 3.63) is 95.6 Å². The maximum absolute atomic E-state index is 13.7. The quantitative estimate of drug-likeness (QED) is 0.398. The molecule has 0 aliphatic heterocycles. The zero-order valence-corrected chi connectivity index (χ0v) is 21.6. The Balaban J connectivity index is 1.92. The molecule has 36 heavy (non-hydrogen) atoms. The van der Waals surface area contributed by atoms with Crippen LogP contribution in [0.4, 0.5) is 0 Å². The lowest BCUT2D eigenvalue weighted by Gasteiger charge is -2.32. The number of benzene rings is 3. The molecule has 6 nitrogen and oxygen atoms in total. The van der Waals surface area contributed by atoms with Gasteiger partial charge in [-0.05, 0) is 41.7 Å². The van der Waals surface area contributed by atoms with Gasteiger partial charge in [-0.1, -0.05) is 80.6 Å². The van der Waals surface area contributed by atoms with E-state index in [4.69, 9.17) is 9.47 Å². The number of nitrogens with zero attached hydrogens (tertiary/aromatic N) is 1. The molecular weight excluding hydrogens is 452 g/mol. The highest BCUT2D eigenvalue weighted by Gasteiger charge is 2.31. The molecule has 1 atom stereocenters. The van der Waals surface area contributed by atoms with Crippen molar-refractivity contribution in [2.45, 2.75) is 39.8 Å². The molecule has 0 aliphatic carbocycles.